The number of halogens is 2. The van der Waals surface area contributed by atoms with Gasteiger partial charge in [-0.1, -0.05) is 35.8 Å². The molecule has 0 radical (unpaired) electrons. The molecule has 1 aliphatic rings. The number of carbonyl (C=O) groups excluding carboxylic acids is 2. The molecule has 0 spiro atoms. The lowest BCUT2D eigenvalue weighted by molar-refractivity contribution is 0.0923. The number of anilines is 2. The first-order valence-corrected chi connectivity index (χ1v) is 12.2. The molecule has 12 heteroatoms. The third kappa shape index (κ3) is 5.97. The van der Waals surface area contributed by atoms with Crippen LogP contribution in [0, 0.1) is 11.7 Å². The molecule has 0 aliphatic heterocycles. The fourth-order valence-corrected chi connectivity index (χ4v) is 4.62. The van der Waals surface area contributed by atoms with Crippen LogP contribution in [0.25, 0.3) is 0 Å². The van der Waals surface area contributed by atoms with Crippen molar-refractivity contribution in [1.82, 2.24) is 9.71 Å². The number of nitrogens with one attached hydrogen (secondary N) is 3. The molecule has 162 valence electrons. The van der Waals surface area contributed by atoms with Crippen molar-refractivity contribution in [2.75, 3.05) is 16.9 Å². The van der Waals surface area contributed by atoms with Crippen LogP contribution in [0.15, 0.2) is 18.2 Å². The van der Waals surface area contributed by atoms with Gasteiger partial charge in [-0.25, -0.2) is 27.3 Å². The highest BCUT2D eigenvalue weighted by atomic mass is 35.5. The van der Waals surface area contributed by atoms with Crippen molar-refractivity contribution in [1.29, 1.82) is 0 Å². The van der Waals surface area contributed by atoms with Gasteiger partial charge in [-0.15, -0.1) is 0 Å². The summed E-state index contributed by atoms with van der Waals surface area (Å²) < 4.78 is 38.6. The molecular weight excluding hydrogens is 455 g/mol. The van der Waals surface area contributed by atoms with Crippen molar-refractivity contribution in [3.63, 3.8) is 0 Å². The summed E-state index contributed by atoms with van der Waals surface area (Å²) in [7, 11) is -3.42. The predicted molar refractivity (Wildman–Crippen MR) is 114 cm³/mol. The van der Waals surface area contributed by atoms with E-state index in [1.807, 2.05) is 0 Å². The van der Waals surface area contributed by atoms with Gasteiger partial charge in [-0.2, -0.15) is 0 Å². The minimum Gasteiger partial charge on any atom is -0.307 e. The zero-order chi connectivity index (χ0) is 21.9. The van der Waals surface area contributed by atoms with Crippen molar-refractivity contribution in [3.05, 3.63) is 39.6 Å². The largest absolute Gasteiger partial charge is 0.325 e. The summed E-state index contributed by atoms with van der Waals surface area (Å²) in [6.07, 6.45) is 4.42. The number of ketones is 1. The molecule has 1 aromatic carbocycles. The Balaban J connectivity index is 1.70. The van der Waals surface area contributed by atoms with E-state index in [0.29, 0.717) is 0 Å². The van der Waals surface area contributed by atoms with E-state index in [-0.39, 0.29) is 44.7 Å². The first-order valence-electron chi connectivity index (χ1n) is 9.14. The van der Waals surface area contributed by atoms with Crippen molar-refractivity contribution in [2.45, 2.75) is 32.2 Å². The van der Waals surface area contributed by atoms with Crippen LogP contribution in [0.3, 0.4) is 0 Å². The number of hydrogen-bond acceptors (Lipinski definition) is 6. The van der Waals surface area contributed by atoms with Gasteiger partial charge >= 0.3 is 6.03 Å². The number of sulfonamides is 1. The SMILES string of the molecule is CS(=O)(=O)NCc1nc(NC(=O)Nc2ccc(F)cc2C(=O)C2CCCC2)sc1Cl. The smallest absolute Gasteiger partial charge is 0.307 e. The van der Waals surface area contributed by atoms with E-state index < -0.39 is 21.9 Å². The van der Waals surface area contributed by atoms with Crippen molar-refractivity contribution >= 4 is 55.6 Å². The Morgan fingerprint density at radius 3 is 2.63 bits per heavy atom. The molecule has 0 atom stereocenters. The van der Waals surface area contributed by atoms with E-state index in [1.54, 1.807) is 0 Å². The second kappa shape index (κ2) is 9.38. The number of thiazole rings is 1. The Bertz CT molecular complexity index is 1070. The summed E-state index contributed by atoms with van der Waals surface area (Å²) in [6.45, 7) is -0.116. The highest BCUT2D eigenvalue weighted by Gasteiger charge is 2.26. The Kier molecular flexibility index (Phi) is 7.06. The van der Waals surface area contributed by atoms with E-state index in [1.165, 1.54) is 6.07 Å². The van der Waals surface area contributed by atoms with Gasteiger partial charge in [-0.3, -0.25) is 10.1 Å². The molecule has 3 N–H and O–H groups in total. The molecular formula is C18H20ClFN4O4S2. The Morgan fingerprint density at radius 2 is 1.97 bits per heavy atom. The Hall–Kier alpha value is -2.08. The molecule has 0 saturated heterocycles. The van der Waals surface area contributed by atoms with Crippen LogP contribution >= 0.6 is 22.9 Å². The number of urea groups is 1. The summed E-state index contributed by atoms with van der Waals surface area (Å²) in [6, 6.07) is 2.95. The monoisotopic (exact) mass is 474 g/mol. The van der Waals surface area contributed by atoms with Crippen LogP contribution in [0.4, 0.5) is 20.0 Å². The lowest BCUT2D eigenvalue weighted by Crippen LogP contribution is -2.23. The molecule has 1 saturated carbocycles. The Morgan fingerprint density at radius 1 is 1.27 bits per heavy atom. The molecule has 0 unspecified atom stereocenters. The van der Waals surface area contributed by atoms with Gasteiger partial charge in [0.15, 0.2) is 10.9 Å². The van der Waals surface area contributed by atoms with Crippen LogP contribution in [-0.4, -0.2) is 31.5 Å². The average Bonchev–Trinajstić information content (AvgIpc) is 3.30. The van der Waals surface area contributed by atoms with Crippen LogP contribution in [-0.2, 0) is 16.6 Å². The highest BCUT2D eigenvalue weighted by Crippen LogP contribution is 2.31. The number of Topliss-reactive ketones (excluding diaryl/α,β-unsaturated/α-hetero) is 1. The maximum atomic E-state index is 13.7. The summed E-state index contributed by atoms with van der Waals surface area (Å²) in [5.41, 5.74) is 0.598. The molecule has 8 nitrogen and oxygen atoms in total. The maximum absolute atomic E-state index is 13.7. The number of amides is 2. The van der Waals surface area contributed by atoms with Crippen LogP contribution in [0.1, 0.15) is 41.7 Å². The van der Waals surface area contributed by atoms with Gasteiger partial charge in [0.1, 0.15) is 10.2 Å². The van der Waals surface area contributed by atoms with Gasteiger partial charge in [0.2, 0.25) is 10.0 Å². The van der Waals surface area contributed by atoms with Crippen molar-refractivity contribution in [3.8, 4) is 0 Å². The second-order valence-electron chi connectivity index (χ2n) is 6.95. The molecule has 2 aromatic rings. The lowest BCUT2D eigenvalue weighted by Gasteiger charge is -2.14. The normalized spacial score (nSPS) is 14.6. The minimum atomic E-state index is -3.42. The van der Waals surface area contributed by atoms with Gasteiger partial charge in [0.05, 0.1) is 24.2 Å². The quantitative estimate of drug-likeness (QED) is 0.524. The molecule has 1 heterocycles. The first-order chi connectivity index (χ1) is 14.1. The van der Waals surface area contributed by atoms with Crippen LogP contribution in [0.5, 0.6) is 0 Å². The topological polar surface area (TPSA) is 117 Å². The highest BCUT2D eigenvalue weighted by molar-refractivity contribution is 7.88. The van der Waals surface area contributed by atoms with Gasteiger partial charge < -0.3 is 5.32 Å². The molecule has 1 fully saturated rings. The van der Waals surface area contributed by atoms with E-state index >= 15 is 0 Å². The van der Waals surface area contributed by atoms with E-state index in [2.05, 4.69) is 20.3 Å². The molecule has 1 aliphatic carbocycles. The zero-order valence-electron chi connectivity index (χ0n) is 16.0. The third-order valence-electron chi connectivity index (χ3n) is 4.59. The first kappa shape index (κ1) is 22.6. The minimum absolute atomic E-state index is 0.116. The number of nitrogens with zero attached hydrogens (tertiary/aromatic N) is 1. The van der Waals surface area contributed by atoms with Crippen LogP contribution < -0.4 is 15.4 Å². The predicted octanol–water partition coefficient (Wildman–Crippen LogP) is 4.00. The molecule has 30 heavy (non-hydrogen) atoms. The van der Waals surface area contributed by atoms with E-state index in [4.69, 9.17) is 11.6 Å². The van der Waals surface area contributed by atoms with E-state index in [0.717, 1.165) is 55.4 Å². The maximum Gasteiger partial charge on any atom is 0.325 e. The second-order valence-corrected chi connectivity index (χ2v) is 10.4. The molecule has 1 aromatic heterocycles. The Labute approximate surface area is 182 Å². The number of carbonyl (C=O) groups is 2. The number of benzene rings is 1. The van der Waals surface area contributed by atoms with Gasteiger partial charge in [0, 0.05) is 11.5 Å². The summed E-state index contributed by atoms with van der Waals surface area (Å²) in [4.78, 5) is 29.2. The zero-order valence-corrected chi connectivity index (χ0v) is 18.4. The average molecular weight is 475 g/mol. The van der Waals surface area contributed by atoms with Gasteiger partial charge in [0.25, 0.3) is 0 Å². The fraction of sp³-hybridized carbons (Fsp3) is 0.389. The summed E-state index contributed by atoms with van der Waals surface area (Å²) >= 11 is 7.00. The number of aromatic nitrogens is 1. The van der Waals surface area contributed by atoms with Gasteiger partial charge in [-0.05, 0) is 31.0 Å². The number of rotatable bonds is 7. The van der Waals surface area contributed by atoms with Crippen molar-refractivity contribution < 1.29 is 22.4 Å². The lowest BCUT2D eigenvalue weighted by atomic mass is 9.95. The molecule has 0 bridgehead atoms. The summed E-state index contributed by atoms with van der Waals surface area (Å²) in [5.74, 6) is -0.913. The number of hydrogen-bond donors (Lipinski definition) is 3. The fourth-order valence-electron chi connectivity index (χ4n) is 3.18. The third-order valence-corrected chi connectivity index (χ3v) is 6.51. The standard InChI is InChI=1S/C18H20ClFN4O4S2/c1-30(27,28)21-9-14-16(19)29-18(23-14)24-17(26)22-13-7-6-11(20)8-12(13)15(25)10-4-2-3-5-10/h6-8,10,21H,2-5,9H2,1H3,(H2,22,23,24,26). The van der Waals surface area contributed by atoms with Crippen LogP contribution in [0.2, 0.25) is 4.34 Å². The summed E-state index contributed by atoms with van der Waals surface area (Å²) in [5, 5.41) is 5.19. The van der Waals surface area contributed by atoms with Crippen molar-refractivity contribution in [2.24, 2.45) is 5.92 Å². The molecule has 2 amide bonds. The van der Waals surface area contributed by atoms with E-state index in [9.17, 15) is 22.4 Å². The molecule has 3 rings (SSSR count).